The molecule has 0 unspecified atom stereocenters. The van der Waals surface area contributed by atoms with Gasteiger partial charge in [-0.15, -0.1) is 0 Å². The predicted molar refractivity (Wildman–Crippen MR) is 166 cm³/mol. The van der Waals surface area contributed by atoms with Crippen molar-refractivity contribution in [2.24, 2.45) is 0 Å². The molecular formula is C37H24N2S. The van der Waals surface area contributed by atoms with Gasteiger partial charge in [-0.25, -0.2) is 0 Å². The highest BCUT2D eigenvalue weighted by atomic mass is 32.2. The Morgan fingerprint density at radius 1 is 0.475 bits per heavy atom. The second-order valence-corrected chi connectivity index (χ2v) is 11.7. The van der Waals surface area contributed by atoms with Gasteiger partial charge in [0.15, 0.2) is 0 Å². The van der Waals surface area contributed by atoms with Gasteiger partial charge in [-0.05, 0) is 70.8 Å². The van der Waals surface area contributed by atoms with Crippen molar-refractivity contribution in [2.45, 2.75) is 15.2 Å². The number of nitrogens with one attached hydrogen (secondary N) is 1. The molecule has 9 rings (SSSR count). The van der Waals surface area contributed by atoms with Crippen LogP contribution in [0.1, 0.15) is 22.3 Å². The molecule has 0 saturated carbocycles. The van der Waals surface area contributed by atoms with E-state index >= 15 is 0 Å². The molecule has 40 heavy (non-hydrogen) atoms. The largest absolute Gasteiger partial charge is 0.355 e. The third kappa shape index (κ3) is 2.80. The van der Waals surface area contributed by atoms with E-state index in [1.165, 1.54) is 70.9 Å². The summed E-state index contributed by atoms with van der Waals surface area (Å²) in [6.07, 6.45) is 0. The van der Waals surface area contributed by atoms with E-state index in [1.807, 2.05) is 11.8 Å². The first-order valence-corrected chi connectivity index (χ1v) is 14.5. The summed E-state index contributed by atoms with van der Waals surface area (Å²) in [7, 11) is 0. The quantitative estimate of drug-likeness (QED) is 0.229. The van der Waals surface area contributed by atoms with E-state index < -0.39 is 5.41 Å². The number of fused-ring (bicyclic) bond motifs is 11. The fraction of sp³-hybridized carbons (Fsp3) is 0.0270. The molecule has 2 aliphatic heterocycles. The number of aromatic nitrogens is 1. The SMILES string of the molecule is c1ccc(N2c3ccccc3C3(c4ccccc4Sc4cc5c(cc43)[nH]c3ccccc35)c3ccccc32)cc1. The van der Waals surface area contributed by atoms with E-state index in [2.05, 4.69) is 149 Å². The Kier molecular flexibility index (Phi) is 4.50. The molecule has 3 heterocycles. The van der Waals surface area contributed by atoms with Crippen molar-refractivity contribution in [3.05, 3.63) is 162 Å². The summed E-state index contributed by atoms with van der Waals surface area (Å²) in [5.41, 5.74) is 10.8. The minimum atomic E-state index is -0.457. The van der Waals surface area contributed by atoms with Crippen molar-refractivity contribution in [1.29, 1.82) is 0 Å². The smallest absolute Gasteiger partial charge is 0.0764 e. The number of hydrogen-bond donors (Lipinski definition) is 1. The Morgan fingerprint density at radius 2 is 1.10 bits per heavy atom. The third-order valence-electron chi connectivity index (χ3n) is 8.63. The first-order valence-electron chi connectivity index (χ1n) is 13.7. The number of anilines is 3. The summed E-state index contributed by atoms with van der Waals surface area (Å²) in [4.78, 5) is 8.79. The summed E-state index contributed by atoms with van der Waals surface area (Å²) >= 11 is 1.90. The van der Waals surface area contributed by atoms with Gasteiger partial charge in [0.1, 0.15) is 0 Å². The van der Waals surface area contributed by atoms with Crippen LogP contribution in [0.25, 0.3) is 21.8 Å². The van der Waals surface area contributed by atoms with Crippen LogP contribution in [0.5, 0.6) is 0 Å². The molecule has 2 nitrogen and oxygen atoms in total. The normalized spacial score (nSPS) is 14.6. The van der Waals surface area contributed by atoms with E-state index in [0.29, 0.717) is 0 Å². The van der Waals surface area contributed by atoms with Gasteiger partial charge in [0, 0.05) is 37.3 Å². The van der Waals surface area contributed by atoms with Crippen LogP contribution in [0.3, 0.4) is 0 Å². The lowest BCUT2D eigenvalue weighted by molar-refractivity contribution is 0.693. The van der Waals surface area contributed by atoms with Gasteiger partial charge in [0.25, 0.3) is 0 Å². The molecule has 0 bridgehead atoms. The lowest BCUT2D eigenvalue weighted by Crippen LogP contribution is -2.39. The summed E-state index contributed by atoms with van der Waals surface area (Å²) < 4.78 is 0. The number of benzene rings is 6. The molecule has 1 spiro atoms. The molecule has 1 N–H and O–H groups in total. The third-order valence-corrected chi connectivity index (χ3v) is 9.77. The Morgan fingerprint density at radius 3 is 1.88 bits per heavy atom. The van der Waals surface area contributed by atoms with E-state index in [1.54, 1.807) is 0 Å². The van der Waals surface area contributed by atoms with Crippen molar-refractivity contribution < 1.29 is 0 Å². The second kappa shape index (κ2) is 8.14. The second-order valence-electron chi connectivity index (χ2n) is 10.6. The lowest BCUT2D eigenvalue weighted by Gasteiger charge is -2.49. The molecule has 2 aliphatic rings. The fourth-order valence-electron chi connectivity index (χ4n) is 7.07. The molecule has 188 valence electrons. The Hall–Kier alpha value is -4.73. The summed E-state index contributed by atoms with van der Waals surface area (Å²) in [6.45, 7) is 0. The lowest BCUT2D eigenvalue weighted by atomic mass is 9.62. The van der Waals surface area contributed by atoms with Crippen LogP contribution in [0.15, 0.2) is 149 Å². The van der Waals surface area contributed by atoms with Gasteiger partial charge < -0.3 is 9.88 Å². The molecule has 0 radical (unpaired) electrons. The average molecular weight is 529 g/mol. The first-order chi connectivity index (χ1) is 19.8. The number of para-hydroxylation sites is 4. The predicted octanol–water partition coefficient (Wildman–Crippen LogP) is 9.95. The van der Waals surface area contributed by atoms with Crippen molar-refractivity contribution in [3.8, 4) is 0 Å². The molecular weight excluding hydrogens is 504 g/mol. The zero-order valence-corrected chi connectivity index (χ0v) is 22.5. The maximum absolute atomic E-state index is 3.74. The average Bonchev–Trinajstić information content (AvgIpc) is 3.38. The van der Waals surface area contributed by atoms with Crippen LogP contribution in [-0.4, -0.2) is 4.98 Å². The summed E-state index contributed by atoms with van der Waals surface area (Å²) in [5, 5.41) is 2.55. The minimum Gasteiger partial charge on any atom is -0.355 e. The van der Waals surface area contributed by atoms with Gasteiger partial charge in [-0.2, -0.15) is 0 Å². The molecule has 1 aromatic heterocycles. The van der Waals surface area contributed by atoms with Crippen LogP contribution < -0.4 is 4.90 Å². The number of nitrogens with zero attached hydrogens (tertiary/aromatic N) is 1. The molecule has 0 amide bonds. The maximum atomic E-state index is 3.74. The van der Waals surface area contributed by atoms with Crippen molar-refractivity contribution in [3.63, 3.8) is 0 Å². The zero-order chi connectivity index (χ0) is 26.3. The first kappa shape index (κ1) is 22.1. The van der Waals surface area contributed by atoms with Gasteiger partial charge in [-0.3, -0.25) is 0 Å². The highest BCUT2D eigenvalue weighted by Gasteiger charge is 2.50. The fourth-order valence-corrected chi connectivity index (χ4v) is 8.28. The van der Waals surface area contributed by atoms with Crippen LogP contribution >= 0.6 is 11.8 Å². The Balaban J connectivity index is 1.46. The topological polar surface area (TPSA) is 19.0 Å². The Labute approximate surface area is 236 Å². The van der Waals surface area contributed by atoms with E-state index in [0.717, 1.165) is 0 Å². The number of rotatable bonds is 1. The van der Waals surface area contributed by atoms with Crippen LogP contribution in [0.4, 0.5) is 17.1 Å². The van der Waals surface area contributed by atoms with Crippen LogP contribution in [0, 0.1) is 0 Å². The highest BCUT2D eigenvalue weighted by molar-refractivity contribution is 7.99. The number of aromatic amines is 1. The zero-order valence-electron chi connectivity index (χ0n) is 21.6. The monoisotopic (exact) mass is 528 g/mol. The van der Waals surface area contributed by atoms with E-state index in [9.17, 15) is 0 Å². The van der Waals surface area contributed by atoms with E-state index in [-0.39, 0.29) is 0 Å². The molecule has 6 aromatic carbocycles. The van der Waals surface area contributed by atoms with Crippen molar-refractivity contribution >= 4 is 50.6 Å². The summed E-state index contributed by atoms with van der Waals surface area (Å²) in [6, 6.07) is 51.2. The van der Waals surface area contributed by atoms with Crippen LogP contribution in [-0.2, 0) is 5.41 Å². The molecule has 0 aliphatic carbocycles. The number of hydrogen-bond acceptors (Lipinski definition) is 2. The minimum absolute atomic E-state index is 0.457. The van der Waals surface area contributed by atoms with E-state index in [4.69, 9.17) is 0 Å². The molecule has 0 fully saturated rings. The van der Waals surface area contributed by atoms with Gasteiger partial charge in [-0.1, -0.05) is 103 Å². The standard InChI is InChI=1S/C37H24N2S/c1-2-12-24(13-3-1)39-33-19-9-5-15-27(33)37(28-16-6-10-20-34(28)39)29-17-7-11-21-35(29)40-36-22-26-25-14-4-8-18-31(25)38-32(26)23-30(36)37/h1-23,38H. The van der Waals surface area contributed by atoms with Crippen molar-refractivity contribution in [1.82, 2.24) is 4.98 Å². The molecule has 0 saturated heterocycles. The number of H-pyrrole nitrogens is 1. The molecule has 7 aromatic rings. The van der Waals surface area contributed by atoms with Gasteiger partial charge in [0.2, 0.25) is 0 Å². The summed E-state index contributed by atoms with van der Waals surface area (Å²) in [5.74, 6) is 0. The Bertz CT molecular complexity index is 2060. The molecule has 0 atom stereocenters. The van der Waals surface area contributed by atoms with Gasteiger partial charge >= 0.3 is 0 Å². The molecule has 3 heteroatoms. The van der Waals surface area contributed by atoms with Crippen LogP contribution in [0.2, 0.25) is 0 Å². The highest BCUT2D eigenvalue weighted by Crippen LogP contribution is 2.63. The maximum Gasteiger partial charge on any atom is 0.0764 e. The van der Waals surface area contributed by atoms with Gasteiger partial charge in [0.05, 0.1) is 16.8 Å². The van der Waals surface area contributed by atoms with Crippen molar-refractivity contribution in [2.75, 3.05) is 4.90 Å².